The Kier molecular flexibility index (Phi) is 17.7. The third kappa shape index (κ3) is 12.7. The molecule has 0 bridgehead atoms. The van der Waals surface area contributed by atoms with Crippen molar-refractivity contribution < 1.29 is 32.3 Å². The SMILES string of the molecule is CCCCC(=O)N(Cc1ccc(-c2ccccc2S(=O)(=O)NC(=O)Nc2c(C(C)C)cccc2C(C)C)cc1)C(CNC(=O)Nc1c(C(C)C)cccc1C(C)C)C(=O)OCC. The Morgan fingerprint density at radius 3 is 1.63 bits per heavy atom. The second kappa shape index (κ2) is 22.4. The lowest BCUT2D eigenvalue weighted by atomic mass is 9.93. The molecule has 0 aliphatic heterocycles. The number of esters is 1. The van der Waals surface area contributed by atoms with Gasteiger partial charge in [0.1, 0.15) is 6.04 Å². The molecule has 0 aromatic heterocycles. The van der Waals surface area contributed by atoms with E-state index in [2.05, 4.69) is 48.4 Å². The highest BCUT2D eigenvalue weighted by atomic mass is 32.2. The first kappa shape index (κ1) is 49.0. The highest BCUT2D eigenvalue weighted by Crippen LogP contribution is 2.34. The molecular weight excluding hydrogens is 803 g/mol. The number of benzene rings is 4. The van der Waals surface area contributed by atoms with Crippen molar-refractivity contribution in [3.05, 3.63) is 113 Å². The average molecular weight is 868 g/mol. The Balaban J connectivity index is 1.60. The van der Waals surface area contributed by atoms with Crippen LogP contribution >= 0.6 is 0 Å². The van der Waals surface area contributed by atoms with Crippen molar-refractivity contribution in [2.24, 2.45) is 0 Å². The molecule has 0 aliphatic rings. The van der Waals surface area contributed by atoms with Crippen LogP contribution in [0.5, 0.6) is 0 Å². The van der Waals surface area contributed by atoms with Gasteiger partial charge in [-0.15, -0.1) is 0 Å². The summed E-state index contributed by atoms with van der Waals surface area (Å²) in [5, 5.41) is 8.67. The van der Waals surface area contributed by atoms with Crippen LogP contribution < -0.4 is 20.7 Å². The predicted octanol–water partition coefficient (Wildman–Crippen LogP) is 10.6. The van der Waals surface area contributed by atoms with Gasteiger partial charge in [-0.2, -0.15) is 0 Å². The number of amides is 5. The minimum atomic E-state index is -4.35. The summed E-state index contributed by atoms with van der Waals surface area (Å²) in [5.74, 6) is -0.467. The third-order valence-electron chi connectivity index (χ3n) is 10.7. The molecule has 4 aromatic carbocycles. The van der Waals surface area contributed by atoms with Gasteiger partial charge >= 0.3 is 18.0 Å². The molecule has 0 saturated carbocycles. The second-order valence-corrected chi connectivity index (χ2v) is 18.4. The molecule has 0 radical (unpaired) electrons. The van der Waals surface area contributed by atoms with E-state index in [9.17, 15) is 27.6 Å². The molecule has 0 aliphatic carbocycles. The van der Waals surface area contributed by atoms with Gasteiger partial charge in [0, 0.05) is 29.9 Å². The number of carbonyl (C=O) groups excluding carboxylic acids is 4. The summed E-state index contributed by atoms with van der Waals surface area (Å²) >= 11 is 0. The first-order valence-electron chi connectivity index (χ1n) is 21.7. The van der Waals surface area contributed by atoms with Gasteiger partial charge in [-0.1, -0.05) is 148 Å². The van der Waals surface area contributed by atoms with Crippen molar-refractivity contribution >= 4 is 45.3 Å². The number of carbonyl (C=O) groups is 4. The van der Waals surface area contributed by atoms with Gasteiger partial charge in [-0.3, -0.25) is 4.79 Å². The standard InChI is InChI=1S/C49H65N5O7S/c1-11-13-24-44(55)54(42(47(56)61-12-2)29-50-48(57)51-45-37(31(3)4)19-16-20-38(45)32(5)6)30-35-25-27-36(28-26-35)41-18-14-15-23-43(41)62(59,60)53-49(58)52-46-39(33(7)8)21-17-22-40(46)34(9)10/h14-23,25-28,31-34,42H,11-13,24,29-30H2,1-10H3,(H2,50,51,57)(H2,52,53,58). The lowest BCUT2D eigenvalue weighted by Gasteiger charge is -2.31. The quantitative estimate of drug-likeness (QED) is 0.0682. The summed E-state index contributed by atoms with van der Waals surface area (Å²) in [4.78, 5) is 55.7. The molecular formula is C49H65N5O7S. The zero-order valence-electron chi connectivity index (χ0n) is 37.9. The fourth-order valence-electron chi connectivity index (χ4n) is 7.38. The largest absolute Gasteiger partial charge is 0.464 e. The number of hydrogen-bond donors (Lipinski definition) is 4. The molecule has 1 unspecified atom stereocenters. The number of nitrogens with zero attached hydrogens (tertiary/aromatic N) is 1. The van der Waals surface area contributed by atoms with Gasteiger partial charge in [-0.25, -0.2) is 27.5 Å². The van der Waals surface area contributed by atoms with E-state index in [4.69, 9.17) is 4.74 Å². The summed E-state index contributed by atoms with van der Waals surface area (Å²) < 4.78 is 35.3. The molecule has 4 rings (SSSR count). The molecule has 62 heavy (non-hydrogen) atoms. The van der Waals surface area contributed by atoms with Crippen LogP contribution in [0.25, 0.3) is 11.1 Å². The molecule has 5 amide bonds. The second-order valence-electron chi connectivity index (χ2n) is 16.7. The molecule has 0 heterocycles. The molecule has 4 N–H and O–H groups in total. The Bertz CT molecular complexity index is 2240. The lowest BCUT2D eigenvalue weighted by Crippen LogP contribution is -2.52. The van der Waals surface area contributed by atoms with Crippen molar-refractivity contribution in [1.82, 2.24) is 14.9 Å². The number of anilines is 2. The van der Waals surface area contributed by atoms with Crippen LogP contribution in [0.2, 0.25) is 0 Å². The van der Waals surface area contributed by atoms with Gasteiger partial charge < -0.3 is 25.6 Å². The Labute approximate surface area is 368 Å². The first-order valence-corrected chi connectivity index (χ1v) is 23.2. The highest BCUT2D eigenvalue weighted by Gasteiger charge is 2.32. The Morgan fingerprint density at radius 2 is 1.15 bits per heavy atom. The van der Waals surface area contributed by atoms with E-state index < -0.39 is 34.1 Å². The van der Waals surface area contributed by atoms with E-state index in [0.717, 1.165) is 34.4 Å². The van der Waals surface area contributed by atoms with E-state index in [1.807, 2.05) is 71.0 Å². The monoisotopic (exact) mass is 867 g/mol. The van der Waals surface area contributed by atoms with Crippen LogP contribution in [0.4, 0.5) is 21.0 Å². The third-order valence-corrected chi connectivity index (χ3v) is 12.1. The number of ether oxygens (including phenoxy) is 1. The van der Waals surface area contributed by atoms with E-state index in [0.29, 0.717) is 28.8 Å². The van der Waals surface area contributed by atoms with Crippen molar-refractivity contribution in [2.75, 3.05) is 23.8 Å². The number of para-hydroxylation sites is 2. The topological polar surface area (TPSA) is 163 Å². The van der Waals surface area contributed by atoms with Crippen LogP contribution in [-0.4, -0.2) is 56.4 Å². The summed E-state index contributed by atoms with van der Waals surface area (Å²) in [6.07, 6.45) is 1.54. The first-order chi connectivity index (χ1) is 29.4. The van der Waals surface area contributed by atoms with Gasteiger partial charge in [0.2, 0.25) is 5.91 Å². The highest BCUT2D eigenvalue weighted by molar-refractivity contribution is 7.90. The zero-order chi connectivity index (χ0) is 45.7. The number of urea groups is 2. The zero-order valence-corrected chi connectivity index (χ0v) is 38.7. The number of rotatable bonds is 19. The number of nitrogens with one attached hydrogen (secondary N) is 4. The van der Waals surface area contributed by atoms with Crippen LogP contribution in [0.3, 0.4) is 0 Å². The maximum Gasteiger partial charge on any atom is 0.333 e. The normalized spacial score (nSPS) is 12.0. The Hall–Kier alpha value is -5.69. The summed E-state index contributed by atoms with van der Waals surface area (Å²) in [7, 11) is -4.35. The van der Waals surface area contributed by atoms with Crippen molar-refractivity contribution in [3.63, 3.8) is 0 Å². The predicted molar refractivity (Wildman–Crippen MR) is 248 cm³/mol. The number of sulfonamides is 1. The number of hydrogen-bond acceptors (Lipinski definition) is 7. The molecule has 0 fully saturated rings. The van der Waals surface area contributed by atoms with Gasteiger partial charge in [0.15, 0.2) is 0 Å². The van der Waals surface area contributed by atoms with Crippen molar-refractivity contribution in [2.45, 2.75) is 130 Å². The van der Waals surface area contributed by atoms with Gasteiger partial charge in [-0.05, 0) is 76.5 Å². The average Bonchev–Trinajstić information content (AvgIpc) is 3.22. The minimum absolute atomic E-state index is 0.0151. The van der Waals surface area contributed by atoms with Crippen molar-refractivity contribution in [1.29, 1.82) is 0 Å². The van der Waals surface area contributed by atoms with Crippen molar-refractivity contribution in [3.8, 4) is 11.1 Å². The lowest BCUT2D eigenvalue weighted by molar-refractivity contribution is -0.155. The van der Waals surface area contributed by atoms with Crippen LogP contribution in [0.1, 0.15) is 140 Å². The minimum Gasteiger partial charge on any atom is -0.464 e. The van der Waals surface area contributed by atoms with Gasteiger partial charge in [0.05, 0.1) is 18.0 Å². The van der Waals surface area contributed by atoms with Gasteiger partial charge in [0.25, 0.3) is 10.0 Å². The fourth-order valence-corrected chi connectivity index (χ4v) is 8.52. The smallest absolute Gasteiger partial charge is 0.333 e. The summed E-state index contributed by atoms with van der Waals surface area (Å²) in [5.41, 5.74) is 6.65. The molecule has 12 nitrogen and oxygen atoms in total. The molecule has 0 spiro atoms. The van der Waals surface area contributed by atoms with E-state index in [-0.39, 0.29) is 60.6 Å². The summed E-state index contributed by atoms with van der Waals surface area (Å²) in [6, 6.07) is 22.6. The van der Waals surface area contributed by atoms with Crippen LogP contribution in [-0.2, 0) is 30.9 Å². The Morgan fingerprint density at radius 1 is 0.645 bits per heavy atom. The molecule has 13 heteroatoms. The van der Waals surface area contributed by atoms with E-state index in [1.54, 1.807) is 49.4 Å². The van der Waals surface area contributed by atoms with Crippen LogP contribution in [0.15, 0.2) is 89.8 Å². The molecule has 334 valence electrons. The number of unbranched alkanes of at least 4 members (excludes halogenated alkanes) is 1. The fraction of sp³-hybridized carbons (Fsp3) is 0.429. The maximum absolute atomic E-state index is 13.9. The maximum atomic E-state index is 13.9. The molecule has 1 atom stereocenters. The molecule has 0 saturated heterocycles. The molecule has 4 aromatic rings. The van der Waals surface area contributed by atoms with E-state index >= 15 is 0 Å². The van der Waals surface area contributed by atoms with E-state index in [1.165, 1.54) is 11.0 Å². The summed E-state index contributed by atoms with van der Waals surface area (Å²) in [6.45, 7) is 19.8. The van der Waals surface area contributed by atoms with Crippen LogP contribution in [0, 0.1) is 0 Å².